The van der Waals surface area contributed by atoms with Crippen LogP contribution in [-0.2, 0) is 10.0 Å². The number of carboxylic acid groups (broad SMARTS) is 1. The first-order valence-corrected chi connectivity index (χ1v) is 7.95. The van der Waals surface area contributed by atoms with Crippen molar-refractivity contribution in [2.24, 2.45) is 0 Å². The minimum atomic E-state index is -3.96. The number of carboxylic acids is 1. The first kappa shape index (κ1) is 14.5. The van der Waals surface area contributed by atoms with Crippen LogP contribution in [0.2, 0.25) is 0 Å². The number of nitrogens with one attached hydrogen (secondary N) is 1. The summed E-state index contributed by atoms with van der Waals surface area (Å²) in [6.45, 7) is 3.65. The van der Waals surface area contributed by atoms with E-state index in [9.17, 15) is 13.2 Å². The van der Waals surface area contributed by atoms with Crippen LogP contribution in [0.4, 0.5) is 5.69 Å². The number of hydrogen-bond donors (Lipinski definition) is 2. The van der Waals surface area contributed by atoms with Gasteiger partial charge < -0.3 is 5.11 Å². The van der Waals surface area contributed by atoms with E-state index < -0.39 is 21.7 Å². The Balaban J connectivity index is 2.44. The Morgan fingerprint density at radius 1 is 1.35 bits per heavy atom. The Kier molecular flexibility index (Phi) is 3.78. The van der Waals surface area contributed by atoms with Gasteiger partial charge in [-0.15, -0.1) is 11.3 Å². The molecule has 0 aliphatic carbocycles. The molecule has 106 valence electrons. The average Bonchev–Trinajstić information content (AvgIpc) is 2.85. The predicted octanol–water partition coefficient (Wildman–Crippen LogP) is 2.26. The van der Waals surface area contributed by atoms with Crippen molar-refractivity contribution in [3.63, 3.8) is 0 Å². The zero-order chi connectivity index (χ0) is 14.9. The lowest BCUT2D eigenvalue weighted by Gasteiger charge is -2.11. The highest BCUT2D eigenvalue weighted by atomic mass is 32.2. The van der Waals surface area contributed by atoms with Crippen molar-refractivity contribution in [1.82, 2.24) is 4.98 Å². The van der Waals surface area contributed by atoms with Crippen LogP contribution >= 0.6 is 11.3 Å². The topological polar surface area (TPSA) is 96.4 Å². The van der Waals surface area contributed by atoms with E-state index in [0.717, 1.165) is 22.5 Å². The molecule has 0 aliphatic heterocycles. The molecule has 0 amide bonds. The number of thiazole rings is 1. The van der Waals surface area contributed by atoms with E-state index in [1.165, 1.54) is 5.51 Å². The summed E-state index contributed by atoms with van der Waals surface area (Å²) in [5.74, 6) is -1.37. The van der Waals surface area contributed by atoms with Crippen LogP contribution in [0.3, 0.4) is 0 Å². The second-order valence-corrected chi connectivity index (χ2v) is 6.88. The third kappa shape index (κ3) is 2.66. The molecule has 0 radical (unpaired) electrons. The molecule has 0 fully saturated rings. The fourth-order valence-corrected chi connectivity index (χ4v) is 3.89. The molecular weight excluding hydrogens is 300 g/mol. The van der Waals surface area contributed by atoms with E-state index in [2.05, 4.69) is 9.71 Å². The van der Waals surface area contributed by atoms with Gasteiger partial charge in [0.25, 0.3) is 10.0 Å². The highest BCUT2D eigenvalue weighted by molar-refractivity contribution is 7.94. The summed E-state index contributed by atoms with van der Waals surface area (Å²) in [7, 11) is -3.96. The van der Waals surface area contributed by atoms with Gasteiger partial charge in [0.05, 0.1) is 11.2 Å². The fourth-order valence-electron chi connectivity index (χ4n) is 1.62. The lowest BCUT2D eigenvalue weighted by atomic mass is 10.1. The molecule has 6 nitrogen and oxygen atoms in total. The molecule has 0 saturated heterocycles. The number of hydrogen-bond acceptors (Lipinski definition) is 5. The number of aromatic nitrogens is 1. The van der Waals surface area contributed by atoms with Gasteiger partial charge in [0, 0.05) is 0 Å². The van der Waals surface area contributed by atoms with E-state index in [1.807, 2.05) is 13.0 Å². The Labute approximate surface area is 120 Å². The van der Waals surface area contributed by atoms with E-state index in [0.29, 0.717) is 5.69 Å². The molecule has 0 atom stereocenters. The summed E-state index contributed by atoms with van der Waals surface area (Å²) in [6.07, 6.45) is 0. The summed E-state index contributed by atoms with van der Waals surface area (Å²) >= 11 is 0.772. The molecule has 2 rings (SSSR count). The molecule has 0 unspecified atom stereocenters. The summed E-state index contributed by atoms with van der Waals surface area (Å²) in [4.78, 5) is 14.5. The largest absolute Gasteiger partial charge is 0.476 e. The summed E-state index contributed by atoms with van der Waals surface area (Å²) in [5, 5.41) is 8.93. The molecule has 0 spiro atoms. The van der Waals surface area contributed by atoms with Gasteiger partial charge in [0.15, 0.2) is 9.90 Å². The predicted molar refractivity (Wildman–Crippen MR) is 75.8 cm³/mol. The van der Waals surface area contributed by atoms with Crippen LogP contribution in [0.15, 0.2) is 27.9 Å². The van der Waals surface area contributed by atoms with Crippen molar-refractivity contribution in [3.8, 4) is 0 Å². The number of benzene rings is 1. The van der Waals surface area contributed by atoms with E-state index in [4.69, 9.17) is 5.11 Å². The number of aryl methyl sites for hydroxylation is 1. The van der Waals surface area contributed by atoms with Gasteiger partial charge in [-0.1, -0.05) is 12.1 Å². The maximum atomic E-state index is 12.2. The highest BCUT2D eigenvalue weighted by Crippen LogP contribution is 2.25. The number of carbonyl (C=O) groups is 1. The zero-order valence-corrected chi connectivity index (χ0v) is 12.4. The number of anilines is 1. The van der Waals surface area contributed by atoms with Crippen LogP contribution in [0, 0.1) is 13.8 Å². The fraction of sp³-hybridized carbons (Fsp3) is 0.167. The van der Waals surface area contributed by atoms with Crippen LogP contribution < -0.4 is 4.72 Å². The lowest BCUT2D eigenvalue weighted by molar-refractivity contribution is 0.0687. The van der Waals surface area contributed by atoms with E-state index in [-0.39, 0.29) is 4.21 Å². The van der Waals surface area contributed by atoms with Gasteiger partial charge in [-0.3, -0.25) is 4.72 Å². The maximum absolute atomic E-state index is 12.2. The van der Waals surface area contributed by atoms with Crippen LogP contribution in [-0.4, -0.2) is 24.5 Å². The van der Waals surface area contributed by atoms with Crippen molar-refractivity contribution in [3.05, 3.63) is 40.5 Å². The summed E-state index contributed by atoms with van der Waals surface area (Å²) < 4.78 is 26.6. The van der Waals surface area contributed by atoms with Crippen molar-refractivity contribution in [2.75, 3.05) is 4.72 Å². The molecule has 0 saturated carbocycles. The quantitative estimate of drug-likeness (QED) is 0.902. The molecular formula is C12H12N2O4S2. The lowest BCUT2D eigenvalue weighted by Crippen LogP contribution is -2.16. The van der Waals surface area contributed by atoms with Gasteiger partial charge in [0.1, 0.15) is 0 Å². The Bertz CT molecular complexity index is 766. The highest BCUT2D eigenvalue weighted by Gasteiger charge is 2.26. The van der Waals surface area contributed by atoms with Gasteiger partial charge >= 0.3 is 5.97 Å². The van der Waals surface area contributed by atoms with Crippen molar-refractivity contribution in [2.45, 2.75) is 18.1 Å². The smallest absolute Gasteiger partial charge is 0.356 e. The molecule has 2 aromatic rings. The Hall–Kier alpha value is -1.93. The molecule has 2 N–H and O–H groups in total. The Morgan fingerprint density at radius 2 is 2.05 bits per heavy atom. The van der Waals surface area contributed by atoms with Crippen LogP contribution in [0.1, 0.15) is 21.6 Å². The maximum Gasteiger partial charge on any atom is 0.356 e. The van der Waals surface area contributed by atoms with Gasteiger partial charge in [-0.05, 0) is 31.0 Å². The second kappa shape index (κ2) is 5.22. The molecule has 1 aromatic heterocycles. The number of sulfonamides is 1. The van der Waals surface area contributed by atoms with Gasteiger partial charge in [0.2, 0.25) is 0 Å². The SMILES string of the molecule is Cc1cccc(NS(=O)(=O)c2scnc2C(=O)O)c1C. The Morgan fingerprint density at radius 3 is 2.70 bits per heavy atom. The van der Waals surface area contributed by atoms with Gasteiger partial charge in [-0.25, -0.2) is 18.2 Å². The van der Waals surface area contributed by atoms with E-state index in [1.54, 1.807) is 19.1 Å². The standard InChI is InChI=1S/C12H12N2O4S2/c1-7-4-3-5-9(8(7)2)14-20(17,18)12-10(11(15)16)13-6-19-12/h3-6,14H,1-2H3,(H,15,16). The zero-order valence-electron chi connectivity index (χ0n) is 10.7. The van der Waals surface area contributed by atoms with E-state index >= 15 is 0 Å². The summed E-state index contributed by atoms with van der Waals surface area (Å²) in [6, 6.07) is 5.22. The third-order valence-electron chi connectivity index (χ3n) is 2.83. The minimum absolute atomic E-state index is 0.300. The molecule has 20 heavy (non-hydrogen) atoms. The minimum Gasteiger partial charge on any atom is -0.476 e. The second-order valence-electron chi connectivity index (χ2n) is 4.15. The third-order valence-corrected chi connectivity index (χ3v) is 5.57. The normalized spacial score (nSPS) is 11.3. The first-order chi connectivity index (χ1) is 9.33. The van der Waals surface area contributed by atoms with Crippen LogP contribution in [0.5, 0.6) is 0 Å². The number of rotatable bonds is 4. The first-order valence-electron chi connectivity index (χ1n) is 5.58. The molecule has 0 bridgehead atoms. The number of nitrogens with zero attached hydrogens (tertiary/aromatic N) is 1. The van der Waals surface area contributed by atoms with Crippen molar-refractivity contribution in [1.29, 1.82) is 0 Å². The van der Waals surface area contributed by atoms with Crippen LogP contribution in [0.25, 0.3) is 0 Å². The van der Waals surface area contributed by atoms with Crippen molar-refractivity contribution < 1.29 is 18.3 Å². The average molecular weight is 312 g/mol. The number of aromatic carboxylic acids is 1. The molecule has 1 heterocycles. The van der Waals surface area contributed by atoms with Crippen molar-refractivity contribution >= 4 is 33.0 Å². The summed E-state index contributed by atoms with van der Waals surface area (Å²) in [5.41, 5.74) is 2.88. The monoisotopic (exact) mass is 312 g/mol. The molecule has 1 aromatic carbocycles. The molecule has 8 heteroatoms. The molecule has 0 aliphatic rings. The van der Waals surface area contributed by atoms with Gasteiger partial charge in [-0.2, -0.15) is 0 Å².